The number of aliphatic hydroxyl groups is 1. The molecule has 0 aromatic heterocycles. The molecule has 2 aliphatic heterocycles. The molecule has 7 nitrogen and oxygen atoms in total. The molecule has 9 heteroatoms. The third-order valence-corrected chi connectivity index (χ3v) is 13.3. The second-order valence-electron chi connectivity index (χ2n) is 13.8. The van der Waals surface area contributed by atoms with Crippen molar-refractivity contribution >= 4 is 33.2 Å². The Balaban J connectivity index is 1.42. The highest BCUT2D eigenvalue weighted by Crippen LogP contribution is 2.48. The number of sulfonamides is 1. The van der Waals surface area contributed by atoms with Crippen molar-refractivity contribution in [2.24, 2.45) is 23.7 Å². The number of fused-ring (bicyclic) bond motifs is 4. The van der Waals surface area contributed by atoms with E-state index in [4.69, 9.17) is 16.3 Å². The first-order valence-electron chi connectivity index (χ1n) is 16.0. The molecule has 1 spiro atoms. The van der Waals surface area contributed by atoms with Gasteiger partial charge in [-0.25, -0.2) is 13.1 Å². The molecule has 2 aromatic rings. The highest BCUT2D eigenvalue weighted by atomic mass is 35.5. The van der Waals surface area contributed by atoms with Crippen LogP contribution in [0, 0.1) is 23.7 Å². The van der Waals surface area contributed by atoms with Crippen LogP contribution >= 0.6 is 11.6 Å². The van der Waals surface area contributed by atoms with Crippen LogP contribution in [0.2, 0.25) is 5.02 Å². The van der Waals surface area contributed by atoms with E-state index in [1.165, 1.54) is 11.1 Å². The van der Waals surface area contributed by atoms with Crippen molar-refractivity contribution in [3.05, 3.63) is 58.1 Å². The Hall–Kier alpha value is -2.29. The van der Waals surface area contributed by atoms with Gasteiger partial charge < -0.3 is 14.7 Å². The summed E-state index contributed by atoms with van der Waals surface area (Å²) in [7, 11) is -3.88. The number of rotatable bonds is 1. The van der Waals surface area contributed by atoms with Gasteiger partial charge in [0.2, 0.25) is 10.0 Å². The van der Waals surface area contributed by atoms with Gasteiger partial charge in [0.25, 0.3) is 5.91 Å². The fourth-order valence-electron chi connectivity index (χ4n) is 8.23. The SMILES string of the molecule is CC1CCC[C@H]([C@@H](C)O)C2CCC2CN2CC3(CCCc4cc(Cl)ccc43)COc3ccc(cc32)C(=O)NS(=O)(=O)C1C. The molecule has 234 valence electrons. The van der Waals surface area contributed by atoms with Gasteiger partial charge in [-0.1, -0.05) is 31.0 Å². The third kappa shape index (κ3) is 5.91. The molecule has 4 aliphatic rings. The number of ether oxygens (including phenoxy) is 1. The number of halogens is 1. The van der Waals surface area contributed by atoms with Crippen LogP contribution in [0.25, 0.3) is 0 Å². The average molecular weight is 629 g/mol. The van der Waals surface area contributed by atoms with Crippen LogP contribution in [0.4, 0.5) is 5.69 Å². The summed E-state index contributed by atoms with van der Waals surface area (Å²) >= 11 is 6.41. The second-order valence-corrected chi connectivity index (χ2v) is 16.3. The Kier molecular flexibility index (Phi) is 8.50. The molecule has 7 atom stereocenters. The lowest BCUT2D eigenvalue weighted by molar-refractivity contribution is 0.0112. The molecule has 1 saturated carbocycles. The van der Waals surface area contributed by atoms with Crippen LogP contribution in [-0.4, -0.2) is 50.5 Å². The first-order chi connectivity index (χ1) is 20.5. The van der Waals surface area contributed by atoms with Gasteiger partial charge in [-0.3, -0.25) is 4.79 Å². The van der Waals surface area contributed by atoms with Gasteiger partial charge in [-0.15, -0.1) is 0 Å². The Morgan fingerprint density at radius 2 is 1.91 bits per heavy atom. The van der Waals surface area contributed by atoms with E-state index >= 15 is 0 Å². The van der Waals surface area contributed by atoms with Gasteiger partial charge in [-0.2, -0.15) is 0 Å². The molecule has 2 N–H and O–H groups in total. The van der Waals surface area contributed by atoms with Crippen molar-refractivity contribution in [1.29, 1.82) is 0 Å². The smallest absolute Gasteiger partial charge is 0.264 e. The first kappa shape index (κ1) is 30.7. The van der Waals surface area contributed by atoms with Crippen molar-refractivity contribution in [1.82, 2.24) is 4.72 Å². The van der Waals surface area contributed by atoms with Crippen molar-refractivity contribution in [2.75, 3.05) is 24.6 Å². The summed E-state index contributed by atoms with van der Waals surface area (Å²) in [6.45, 7) is 7.57. The number of anilines is 1. The van der Waals surface area contributed by atoms with Crippen molar-refractivity contribution in [3.8, 4) is 5.75 Å². The van der Waals surface area contributed by atoms with E-state index in [-0.39, 0.29) is 17.3 Å². The second kappa shape index (κ2) is 11.9. The molecular formula is C34H45ClN2O5S. The Morgan fingerprint density at radius 3 is 2.65 bits per heavy atom. The molecule has 0 saturated heterocycles. The Morgan fingerprint density at radius 1 is 1.09 bits per heavy atom. The topological polar surface area (TPSA) is 95.9 Å². The molecule has 6 rings (SSSR count). The maximum atomic E-state index is 13.4. The van der Waals surface area contributed by atoms with Crippen molar-refractivity contribution in [2.45, 2.75) is 88.9 Å². The minimum Gasteiger partial charge on any atom is -0.490 e. The first-order valence-corrected chi connectivity index (χ1v) is 17.9. The molecule has 43 heavy (non-hydrogen) atoms. The number of nitrogens with one attached hydrogen (secondary N) is 1. The van der Waals surface area contributed by atoms with Crippen LogP contribution in [0.1, 0.15) is 87.2 Å². The Labute approximate surface area is 261 Å². The number of carbonyl (C=O) groups excluding carboxylic acids is 1. The van der Waals surface area contributed by atoms with Crippen LogP contribution < -0.4 is 14.4 Å². The van der Waals surface area contributed by atoms with E-state index in [1.807, 2.05) is 32.0 Å². The van der Waals surface area contributed by atoms with Gasteiger partial charge in [-0.05, 0) is 124 Å². The summed E-state index contributed by atoms with van der Waals surface area (Å²) in [5.74, 6) is 0.968. The highest BCUT2D eigenvalue weighted by Gasteiger charge is 2.45. The summed E-state index contributed by atoms with van der Waals surface area (Å²) in [6, 6.07) is 11.5. The molecule has 1 fully saturated rings. The zero-order valence-electron chi connectivity index (χ0n) is 25.5. The minimum atomic E-state index is -3.88. The fraction of sp³-hybridized carbons (Fsp3) is 0.618. The van der Waals surface area contributed by atoms with Crippen LogP contribution in [-0.2, 0) is 21.9 Å². The summed E-state index contributed by atoms with van der Waals surface area (Å²) in [6.07, 6.45) is 7.22. The van der Waals surface area contributed by atoms with E-state index in [0.29, 0.717) is 29.8 Å². The minimum absolute atomic E-state index is 0.120. The summed E-state index contributed by atoms with van der Waals surface area (Å²) in [5, 5.41) is 10.9. The number of hydrogen-bond acceptors (Lipinski definition) is 6. The predicted octanol–water partition coefficient (Wildman–Crippen LogP) is 6.10. The monoisotopic (exact) mass is 628 g/mol. The van der Waals surface area contributed by atoms with Crippen LogP contribution in [0.5, 0.6) is 5.75 Å². The number of carbonyl (C=O) groups is 1. The van der Waals surface area contributed by atoms with Crippen LogP contribution in [0.15, 0.2) is 36.4 Å². The van der Waals surface area contributed by atoms with Gasteiger partial charge in [0, 0.05) is 29.1 Å². The zero-order chi connectivity index (χ0) is 30.5. The van der Waals surface area contributed by atoms with E-state index in [2.05, 4.69) is 21.8 Å². The molecule has 2 heterocycles. The molecule has 0 radical (unpaired) electrons. The molecule has 2 bridgehead atoms. The van der Waals surface area contributed by atoms with Gasteiger partial charge in [0.1, 0.15) is 5.75 Å². The average Bonchev–Trinajstić information content (AvgIpc) is 3.10. The van der Waals surface area contributed by atoms with Crippen LogP contribution in [0.3, 0.4) is 0 Å². The van der Waals surface area contributed by atoms with Gasteiger partial charge in [0.05, 0.1) is 23.6 Å². The van der Waals surface area contributed by atoms with Crippen molar-refractivity contribution < 1.29 is 23.1 Å². The summed E-state index contributed by atoms with van der Waals surface area (Å²) in [4.78, 5) is 15.8. The maximum Gasteiger partial charge on any atom is 0.264 e. The molecule has 2 aromatic carbocycles. The molecular weight excluding hydrogens is 584 g/mol. The number of aryl methyl sites for hydroxylation is 1. The number of aliphatic hydroxyl groups excluding tert-OH is 1. The number of amides is 1. The predicted molar refractivity (Wildman–Crippen MR) is 170 cm³/mol. The summed E-state index contributed by atoms with van der Waals surface area (Å²) < 4.78 is 35.5. The van der Waals surface area contributed by atoms with E-state index < -0.39 is 27.3 Å². The quantitative estimate of drug-likeness (QED) is 0.396. The summed E-state index contributed by atoms with van der Waals surface area (Å²) in [5.41, 5.74) is 3.45. The largest absolute Gasteiger partial charge is 0.490 e. The number of hydrogen-bond donors (Lipinski definition) is 2. The maximum absolute atomic E-state index is 13.4. The standard InChI is InChI=1S/C34H45ClN2O5S/c1-21-6-4-8-28(22(2)38)29-12-9-26(29)18-37-19-34(15-5-7-24-16-27(35)11-13-30(24)34)20-42-32-14-10-25(17-31(32)37)33(39)36-43(40,41)23(21)3/h10-11,13-14,16-17,21-23,26,28-29,38H,4-9,12,15,18-20H2,1-3H3,(H,36,39)/t21?,22-,23?,26?,28-,29?,34?/m1/s1. The third-order valence-electron chi connectivity index (χ3n) is 11.1. The number of benzene rings is 2. The normalized spacial score (nSPS) is 33.2. The molecule has 1 amide bonds. The van der Waals surface area contributed by atoms with E-state index in [9.17, 15) is 18.3 Å². The highest BCUT2D eigenvalue weighted by molar-refractivity contribution is 7.90. The fourth-order valence-corrected chi connectivity index (χ4v) is 9.74. The molecule has 5 unspecified atom stereocenters. The van der Waals surface area contributed by atoms with Gasteiger partial charge >= 0.3 is 0 Å². The van der Waals surface area contributed by atoms with Gasteiger partial charge in [0.15, 0.2) is 0 Å². The zero-order valence-corrected chi connectivity index (χ0v) is 27.1. The van der Waals surface area contributed by atoms with Crippen molar-refractivity contribution in [3.63, 3.8) is 0 Å². The lowest BCUT2D eigenvalue weighted by atomic mass is 9.64. The lowest BCUT2D eigenvalue weighted by Crippen LogP contribution is -2.49. The lowest BCUT2D eigenvalue weighted by Gasteiger charge is -2.47. The Bertz CT molecular complexity index is 1480. The molecule has 2 aliphatic carbocycles. The van der Waals surface area contributed by atoms with E-state index in [1.54, 1.807) is 13.0 Å². The van der Waals surface area contributed by atoms with E-state index in [0.717, 1.165) is 75.2 Å². The number of nitrogens with zero attached hydrogens (tertiary/aromatic N) is 1.